The first kappa shape index (κ1) is 20.8. The number of carbonyl (C=O) groups is 1. The predicted octanol–water partition coefficient (Wildman–Crippen LogP) is 4.12. The van der Waals surface area contributed by atoms with E-state index in [1.165, 1.54) is 0 Å². The highest BCUT2D eigenvalue weighted by atomic mass is 19.2. The minimum atomic E-state index is -1.49. The molecule has 1 fully saturated rings. The number of hydrogen-bond donors (Lipinski definition) is 0. The molecule has 0 radical (unpaired) electrons. The number of fused-ring (bicyclic) bond motifs is 1. The number of carbonyl (C=O) groups excluding carboxylic acids is 1. The van der Waals surface area contributed by atoms with Gasteiger partial charge >= 0.3 is 0 Å². The number of benzene rings is 1. The van der Waals surface area contributed by atoms with Gasteiger partial charge in [0.05, 0.1) is 34.9 Å². The van der Waals surface area contributed by atoms with Crippen molar-refractivity contribution in [3.05, 3.63) is 58.3 Å². The van der Waals surface area contributed by atoms with Crippen molar-refractivity contribution >= 4 is 5.91 Å². The van der Waals surface area contributed by atoms with Crippen LogP contribution in [0.5, 0.6) is 0 Å². The minimum absolute atomic E-state index is 0.0866. The van der Waals surface area contributed by atoms with Crippen LogP contribution in [0.2, 0.25) is 0 Å². The first-order chi connectivity index (χ1) is 15.2. The highest BCUT2D eigenvalue weighted by Crippen LogP contribution is 2.48. The molecular weight excluding hydrogens is 419 g/mol. The van der Waals surface area contributed by atoms with Crippen LogP contribution in [0.3, 0.4) is 0 Å². The number of nitrogens with zero attached hydrogens (tertiary/aromatic N) is 5. The molecule has 168 valence electrons. The van der Waals surface area contributed by atoms with Crippen molar-refractivity contribution in [1.29, 1.82) is 0 Å². The van der Waals surface area contributed by atoms with Gasteiger partial charge < -0.3 is 4.90 Å². The van der Waals surface area contributed by atoms with E-state index in [1.807, 2.05) is 14.0 Å². The maximum absolute atomic E-state index is 13.9. The highest BCUT2D eigenvalue weighted by molar-refractivity contribution is 5.96. The average Bonchev–Trinajstić information content (AvgIpc) is 3.16. The molecule has 3 heterocycles. The third-order valence-electron chi connectivity index (χ3n) is 6.84. The maximum atomic E-state index is 13.9. The summed E-state index contributed by atoms with van der Waals surface area (Å²) in [5.41, 5.74) is 3.84. The van der Waals surface area contributed by atoms with Crippen LogP contribution >= 0.6 is 0 Å². The fourth-order valence-electron chi connectivity index (χ4n) is 4.98. The van der Waals surface area contributed by atoms with Gasteiger partial charge in [0.2, 0.25) is 0 Å². The van der Waals surface area contributed by atoms with Crippen LogP contribution in [0, 0.1) is 23.4 Å². The lowest BCUT2D eigenvalue weighted by molar-refractivity contribution is 0.0672. The molecule has 3 atom stereocenters. The molecule has 1 amide bonds. The van der Waals surface area contributed by atoms with E-state index < -0.39 is 17.5 Å². The van der Waals surface area contributed by atoms with Gasteiger partial charge in [-0.3, -0.25) is 14.2 Å². The first-order valence-electron chi connectivity index (χ1n) is 10.7. The summed E-state index contributed by atoms with van der Waals surface area (Å²) in [5.74, 6) is -3.18. The van der Waals surface area contributed by atoms with E-state index in [0.29, 0.717) is 41.8 Å². The van der Waals surface area contributed by atoms with Crippen LogP contribution in [-0.2, 0) is 20.5 Å². The summed E-state index contributed by atoms with van der Waals surface area (Å²) in [7, 11) is 3.54. The van der Waals surface area contributed by atoms with E-state index in [-0.39, 0.29) is 17.5 Å². The molecule has 2 aromatic heterocycles. The molecule has 0 saturated heterocycles. The summed E-state index contributed by atoms with van der Waals surface area (Å²) >= 11 is 0. The van der Waals surface area contributed by atoms with Crippen LogP contribution in [0.15, 0.2) is 18.3 Å². The van der Waals surface area contributed by atoms with Gasteiger partial charge in [0.15, 0.2) is 17.5 Å². The van der Waals surface area contributed by atoms with Crippen LogP contribution in [0.4, 0.5) is 13.2 Å². The summed E-state index contributed by atoms with van der Waals surface area (Å²) < 4.78 is 44.5. The Bertz CT molecular complexity index is 1220. The third-order valence-corrected chi connectivity index (χ3v) is 6.84. The Labute approximate surface area is 183 Å². The van der Waals surface area contributed by atoms with E-state index in [9.17, 15) is 18.0 Å². The topological polar surface area (TPSA) is 56.0 Å². The maximum Gasteiger partial charge on any atom is 0.257 e. The second-order valence-electron chi connectivity index (χ2n) is 8.90. The van der Waals surface area contributed by atoms with Crippen molar-refractivity contribution in [2.75, 3.05) is 6.54 Å². The quantitative estimate of drug-likeness (QED) is 0.573. The fraction of sp³-hybridized carbons (Fsp3) is 0.435. The predicted molar refractivity (Wildman–Crippen MR) is 111 cm³/mol. The zero-order chi connectivity index (χ0) is 22.9. The first-order valence-corrected chi connectivity index (χ1v) is 10.7. The zero-order valence-electron chi connectivity index (χ0n) is 18.4. The molecule has 1 aliphatic carbocycles. The molecule has 5 rings (SSSR count). The van der Waals surface area contributed by atoms with Gasteiger partial charge in [0, 0.05) is 37.7 Å². The summed E-state index contributed by atoms with van der Waals surface area (Å²) in [6, 6.07) is 1.64. The van der Waals surface area contributed by atoms with E-state index >= 15 is 0 Å². The Morgan fingerprint density at radius 2 is 1.75 bits per heavy atom. The average molecular weight is 443 g/mol. The fourth-order valence-corrected chi connectivity index (χ4v) is 4.98. The number of halogens is 3. The van der Waals surface area contributed by atoms with Gasteiger partial charge in [-0.2, -0.15) is 10.2 Å². The Balaban J connectivity index is 1.50. The number of aryl methyl sites for hydroxylation is 2. The van der Waals surface area contributed by atoms with Crippen molar-refractivity contribution in [2.45, 2.75) is 38.6 Å². The second-order valence-corrected chi connectivity index (χ2v) is 8.90. The Morgan fingerprint density at radius 1 is 1.09 bits per heavy atom. The molecule has 6 nitrogen and oxygen atoms in total. The van der Waals surface area contributed by atoms with Crippen molar-refractivity contribution in [3.63, 3.8) is 0 Å². The molecule has 9 heteroatoms. The summed E-state index contributed by atoms with van der Waals surface area (Å²) in [4.78, 5) is 15.3. The number of aromatic nitrogens is 4. The van der Waals surface area contributed by atoms with Crippen molar-refractivity contribution in [3.8, 4) is 11.3 Å². The summed E-state index contributed by atoms with van der Waals surface area (Å²) in [6.45, 7) is 4.50. The van der Waals surface area contributed by atoms with E-state index in [4.69, 9.17) is 0 Å². The normalized spacial score (nSPS) is 22.2. The largest absolute Gasteiger partial charge is 0.330 e. The lowest BCUT2D eigenvalue weighted by atomic mass is 9.94. The van der Waals surface area contributed by atoms with E-state index in [0.717, 1.165) is 29.8 Å². The zero-order valence-corrected chi connectivity index (χ0v) is 18.4. The lowest BCUT2D eigenvalue weighted by Gasteiger charge is -2.33. The van der Waals surface area contributed by atoms with E-state index in [1.54, 1.807) is 27.5 Å². The van der Waals surface area contributed by atoms with Gasteiger partial charge in [0.25, 0.3) is 5.91 Å². The molecule has 3 aromatic rings. The molecule has 0 N–H and O–H groups in total. The van der Waals surface area contributed by atoms with Gasteiger partial charge in [-0.1, -0.05) is 6.92 Å². The monoisotopic (exact) mass is 443 g/mol. The lowest BCUT2D eigenvalue weighted by Crippen LogP contribution is -2.39. The Morgan fingerprint density at radius 3 is 2.38 bits per heavy atom. The Kier molecular flexibility index (Phi) is 4.69. The van der Waals surface area contributed by atoms with Gasteiger partial charge in [-0.05, 0) is 37.8 Å². The van der Waals surface area contributed by atoms with Crippen LogP contribution in [0.1, 0.15) is 59.5 Å². The van der Waals surface area contributed by atoms with Crippen LogP contribution < -0.4 is 0 Å². The van der Waals surface area contributed by atoms with Crippen molar-refractivity contribution in [2.24, 2.45) is 20.0 Å². The molecule has 1 aromatic carbocycles. The van der Waals surface area contributed by atoms with Gasteiger partial charge in [-0.15, -0.1) is 0 Å². The second kappa shape index (κ2) is 7.21. The van der Waals surface area contributed by atoms with Crippen LogP contribution in [0.25, 0.3) is 11.3 Å². The molecule has 0 spiro atoms. The summed E-state index contributed by atoms with van der Waals surface area (Å²) in [5, 5.41) is 8.89. The van der Waals surface area contributed by atoms with Gasteiger partial charge in [-0.25, -0.2) is 13.2 Å². The molecule has 2 aliphatic rings. The molecule has 32 heavy (non-hydrogen) atoms. The SMILES string of the molecule is CC1CC1c1c(C(=O)N2CCc3c(nn(C)c3-c3cc(F)c(F)c(F)c3)C2C)cnn1C. The molecular formula is C23H24F3N5O. The number of amides is 1. The van der Waals surface area contributed by atoms with Crippen molar-refractivity contribution < 1.29 is 18.0 Å². The Hall–Kier alpha value is -3.10. The smallest absolute Gasteiger partial charge is 0.257 e. The summed E-state index contributed by atoms with van der Waals surface area (Å²) in [6.07, 6.45) is 3.16. The number of rotatable bonds is 3. The standard InChI is InChI=1S/C23H24F3N5O/c1-11-7-15(11)22-16(10-27-29(22)3)23(32)31-6-5-14-20(12(31)2)28-30(4)21(14)13-8-17(24)19(26)18(25)9-13/h8-12,15H,5-7H2,1-4H3. The van der Waals surface area contributed by atoms with Gasteiger partial charge in [0.1, 0.15) is 0 Å². The number of hydrogen-bond acceptors (Lipinski definition) is 3. The molecule has 1 saturated carbocycles. The molecule has 0 bridgehead atoms. The molecule has 3 unspecified atom stereocenters. The highest BCUT2D eigenvalue weighted by Gasteiger charge is 2.41. The van der Waals surface area contributed by atoms with E-state index in [2.05, 4.69) is 17.1 Å². The third kappa shape index (κ3) is 3.05. The molecule has 1 aliphatic heterocycles. The van der Waals surface area contributed by atoms with Crippen LogP contribution in [-0.4, -0.2) is 36.9 Å². The van der Waals surface area contributed by atoms with Crippen molar-refractivity contribution in [1.82, 2.24) is 24.5 Å². The minimum Gasteiger partial charge on any atom is -0.330 e.